The lowest BCUT2D eigenvalue weighted by atomic mass is 10.1. The van der Waals surface area contributed by atoms with Gasteiger partial charge in [-0.1, -0.05) is 12.1 Å². The molecule has 1 N–H and O–H groups in total. The number of hydrogen-bond acceptors (Lipinski definition) is 3. The molecule has 0 radical (unpaired) electrons. The third-order valence-corrected chi connectivity index (χ3v) is 4.43. The van der Waals surface area contributed by atoms with Gasteiger partial charge in [0.05, 0.1) is 0 Å². The van der Waals surface area contributed by atoms with Crippen LogP contribution < -0.4 is 5.32 Å². The van der Waals surface area contributed by atoms with E-state index in [1.807, 2.05) is 23.9 Å². The van der Waals surface area contributed by atoms with Gasteiger partial charge in [-0.3, -0.25) is 4.90 Å². The van der Waals surface area contributed by atoms with Gasteiger partial charge in [0.1, 0.15) is 5.82 Å². The van der Waals surface area contributed by atoms with E-state index in [0.717, 1.165) is 19.6 Å². The molecule has 4 heteroatoms. The van der Waals surface area contributed by atoms with Crippen LogP contribution in [0.3, 0.4) is 0 Å². The van der Waals surface area contributed by atoms with Crippen LogP contribution in [0.5, 0.6) is 0 Å². The quantitative estimate of drug-likeness (QED) is 0.884. The Morgan fingerprint density at radius 3 is 2.71 bits per heavy atom. The molecule has 2 nitrogen and oxygen atoms in total. The Morgan fingerprint density at radius 2 is 2.06 bits per heavy atom. The number of rotatable bonds is 4. The van der Waals surface area contributed by atoms with Crippen molar-refractivity contribution in [1.82, 2.24) is 10.2 Å². The minimum absolute atomic E-state index is 0.166. The van der Waals surface area contributed by atoms with Crippen molar-refractivity contribution in [3.8, 4) is 0 Å². The van der Waals surface area contributed by atoms with E-state index in [4.69, 9.17) is 0 Å². The van der Waals surface area contributed by atoms with Crippen LogP contribution in [0.2, 0.25) is 0 Å². The molecule has 0 spiro atoms. The Balaban J connectivity index is 1.96. The molecule has 0 saturated carbocycles. The van der Waals surface area contributed by atoms with Crippen molar-refractivity contribution >= 4 is 11.8 Å². The summed E-state index contributed by atoms with van der Waals surface area (Å²) < 4.78 is 12.8. The summed E-state index contributed by atoms with van der Waals surface area (Å²) in [4.78, 5) is 2.36. The highest BCUT2D eigenvalue weighted by Gasteiger charge is 2.29. The Labute approximate surface area is 107 Å². The first-order valence-corrected chi connectivity index (χ1v) is 7.17. The summed E-state index contributed by atoms with van der Waals surface area (Å²) in [5.74, 6) is -0.166. The van der Waals surface area contributed by atoms with Crippen LogP contribution in [0, 0.1) is 5.82 Å². The van der Waals surface area contributed by atoms with Crippen molar-refractivity contribution in [1.29, 1.82) is 0 Å². The van der Waals surface area contributed by atoms with Gasteiger partial charge in [-0.15, -0.1) is 0 Å². The van der Waals surface area contributed by atoms with Crippen LogP contribution >= 0.6 is 11.8 Å². The lowest BCUT2D eigenvalue weighted by Crippen LogP contribution is -2.38. The fourth-order valence-corrected chi connectivity index (χ4v) is 3.22. The van der Waals surface area contributed by atoms with Gasteiger partial charge in [0, 0.05) is 30.9 Å². The van der Waals surface area contributed by atoms with Crippen LogP contribution in [0.25, 0.3) is 0 Å². The number of nitrogens with zero attached hydrogens (tertiary/aromatic N) is 1. The second-order valence-corrected chi connectivity index (χ2v) is 5.62. The van der Waals surface area contributed by atoms with Gasteiger partial charge in [0.15, 0.2) is 0 Å². The van der Waals surface area contributed by atoms with Crippen molar-refractivity contribution in [2.45, 2.75) is 17.8 Å². The topological polar surface area (TPSA) is 15.3 Å². The summed E-state index contributed by atoms with van der Waals surface area (Å²) in [7, 11) is 2.14. The highest BCUT2D eigenvalue weighted by molar-refractivity contribution is 7.99. The highest BCUT2D eigenvalue weighted by Crippen LogP contribution is 2.20. The SMILES string of the molecule is CSC1CNCC1N(C)Cc1ccc(F)cc1. The van der Waals surface area contributed by atoms with E-state index < -0.39 is 0 Å². The van der Waals surface area contributed by atoms with E-state index in [1.54, 1.807) is 0 Å². The second kappa shape index (κ2) is 5.85. The largest absolute Gasteiger partial charge is 0.314 e. The molecule has 2 atom stereocenters. The Bertz CT molecular complexity index is 355. The van der Waals surface area contributed by atoms with Gasteiger partial charge >= 0.3 is 0 Å². The van der Waals surface area contributed by atoms with Crippen molar-refractivity contribution in [2.75, 3.05) is 26.4 Å². The van der Waals surface area contributed by atoms with E-state index in [1.165, 1.54) is 17.7 Å². The van der Waals surface area contributed by atoms with Crippen LogP contribution in [0.4, 0.5) is 4.39 Å². The third-order valence-electron chi connectivity index (χ3n) is 3.34. The monoisotopic (exact) mass is 254 g/mol. The summed E-state index contributed by atoms with van der Waals surface area (Å²) >= 11 is 1.92. The Hall–Kier alpha value is -0.580. The number of halogens is 1. The minimum Gasteiger partial charge on any atom is -0.314 e. The molecule has 1 saturated heterocycles. The first-order valence-electron chi connectivity index (χ1n) is 5.89. The molecule has 1 heterocycles. The molecular weight excluding hydrogens is 235 g/mol. The lowest BCUT2D eigenvalue weighted by Gasteiger charge is -2.28. The number of thioether (sulfide) groups is 1. The number of benzene rings is 1. The number of likely N-dealkylation sites (N-methyl/N-ethyl adjacent to an activating group) is 1. The fourth-order valence-electron chi connectivity index (χ4n) is 2.32. The lowest BCUT2D eigenvalue weighted by molar-refractivity contribution is 0.253. The summed E-state index contributed by atoms with van der Waals surface area (Å²) in [5.41, 5.74) is 1.17. The molecule has 0 aliphatic carbocycles. The van der Waals surface area contributed by atoms with Crippen molar-refractivity contribution in [3.05, 3.63) is 35.6 Å². The van der Waals surface area contributed by atoms with Gasteiger partial charge in [0.2, 0.25) is 0 Å². The predicted octanol–water partition coefficient (Wildman–Crippen LogP) is 1.96. The van der Waals surface area contributed by atoms with E-state index in [2.05, 4.69) is 23.5 Å². The predicted molar refractivity (Wildman–Crippen MR) is 71.8 cm³/mol. The average molecular weight is 254 g/mol. The van der Waals surface area contributed by atoms with Gasteiger partial charge in [0.25, 0.3) is 0 Å². The molecule has 0 aromatic heterocycles. The first-order chi connectivity index (χ1) is 8.20. The van der Waals surface area contributed by atoms with Crippen molar-refractivity contribution in [2.24, 2.45) is 0 Å². The second-order valence-electron chi connectivity index (χ2n) is 4.54. The van der Waals surface area contributed by atoms with Crippen molar-refractivity contribution in [3.63, 3.8) is 0 Å². The van der Waals surface area contributed by atoms with Gasteiger partial charge in [-0.2, -0.15) is 11.8 Å². The number of hydrogen-bond donors (Lipinski definition) is 1. The fraction of sp³-hybridized carbons (Fsp3) is 0.538. The Kier molecular flexibility index (Phi) is 4.42. The molecule has 0 amide bonds. The summed E-state index contributed by atoms with van der Waals surface area (Å²) in [6.07, 6.45) is 2.16. The smallest absolute Gasteiger partial charge is 0.123 e. The minimum atomic E-state index is -0.166. The zero-order chi connectivity index (χ0) is 12.3. The summed E-state index contributed by atoms with van der Waals surface area (Å²) in [6, 6.07) is 7.35. The van der Waals surface area contributed by atoms with Gasteiger partial charge < -0.3 is 5.32 Å². The van der Waals surface area contributed by atoms with E-state index in [9.17, 15) is 4.39 Å². The van der Waals surface area contributed by atoms with E-state index in [-0.39, 0.29) is 5.82 Å². The molecule has 17 heavy (non-hydrogen) atoms. The number of nitrogens with one attached hydrogen (secondary N) is 1. The molecule has 1 aliphatic heterocycles. The van der Waals surface area contributed by atoms with Gasteiger partial charge in [-0.05, 0) is 31.0 Å². The third kappa shape index (κ3) is 3.21. The molecule has 2 unspecified atom stereocenters. The highest BCUT2D eigenvalue weighted by atomic mass is 32.2. The maximum absolute atomic E-state index is 12.8. The van der Waals surface area contributed by atoms with Crippen LogP contribution in [0.15, 0.2) is 24.3 Å². The molecule has 1 aliphatic rings. The van der Waals surface area contributed by atoms with Crippen molar-refractivity contribution < 1.29 is 4.39 Å². The maximum atomic E-state index is 12.8. The Morgan fingerprint density at radius 1 is 1.35 bits per heavy atom. The maximum Gasteiger partial charge on any atom is 0.123 e. The molecule has 1 aromatic carbocycles. The van der Waals surface area contributed by atoms with E-state index in [0.29, 0.717) is 11.3 Å². The zero-order valence-electron chi connectivity index (χ0n) is 10.3. The van der Waals surface area contributed by atoms with Crippen LogP contribution in [-0.2, 0) is 6.54 Å². The van der Waals surface area contributed by atoms with Crippen LogP contribution in [-0.4, -0.2) is 42.6 Å². The average Bonchev–Trinajstić information content (AvgIpc) is 2.80. The molecule has 94 valence electrons. The van der Waals surface area contributed by atoms with Crippen LogP contribution in [0.1, 0.15) is 5.56 Å². The first kappa shape index (κ1) is 12.9. The van der Waals surface area contributed by atoms with E-state index >= 15 is 0 Å². The molecule has 1 fully saturated rings. The normalized spacial score (nSPS) is 24.5. The molecular formula is C13H19FN2S. The molecule has 0 bridgehead atoms. The standard InChI is InChI=1S/C13H19FN2S/c1-16(12-7-15-8-13(12)17-2)9-10-3-5-11(14)6-4-10/h3-6,12-13,15H,7-9H2,1-2H3. The summed E-state index contributed by atoms with van der Waals surface area (Å²) in [5, 5.41) is 4.08. The zero-order valence-corrected chi connectivity index (χ0v) is 11.1. The summed E-state index contributed by atoms with van der Waals surface area (Å²) in [6.45, 7) is 3.01. The van der Waals surface area contributed by atoms with Gasteiger partial charge in [-0.25, -0.2) is 4.39 Å². The molecule has 2 rings (SSSR count). The molecule has 1 aromatic rings.